The lowest BCUT2D eigenvalue weighted by Gasteiger charge is -2.26. The molecule has 1 amide bonds. The van der Waals surface area contributed by atoms with Gasteiger partial charge in [-0.1, -0.05) is 30.3 Å². The smallest absolute Gasteiger partial charge is 0.348 e. The molecule has 0 radical (unpaired) electrons. The molecule has 26 heavy (non-hydrogen) atoms. The third-order valence-electron chi connectivity index (χ3n) is 4.39. The summed E-state index contributed by atoms with van der Waals surface area (Å²) < 4.78 is 36.5. The summed E-state index contributed by atoms with van der Waals surface area (Å²) in [7, 11) is 0. The van der Waals surface area contributed by atoms with Gasteiger partial charge in [0, 0.05) is 52.4 Å². The molecular weight excluding hydrogens is 345 g/mol. The zero-order chi connectivity index (χ0) is 18.8. The van der Waals surface area contributed by atoms with Crippen molar-refractivity contribution in [3.05, 3.63) is 35.9 Å². The maximum Gasteiger partial charge on any atom is 0.471 e. The maximum absolute atomic E-state index is 12.2. The van der Waals surface area contributed by atoms with E-state index in [1.54, 1.807) is 0 Å². The van der Waals surface area contributed by atoms with Crippen LogP contribution < -0.4 is 10.6 Å². The molecule has 0 aromatic heterocycles. The monoisotopic (exact) mass is 372 g/mol. The van der Waals surface area contributed by atoms with E-state index in [0.29, 0.717) is 13.0 Å². The van der Waals surface area contributed by atoms with Gasteiger partial charge in [0.1, 0.15) is 0 Å². The second kappa shape index (κ2) is 10.5. The molecule has 0 bridgehead atoms. The lowest BCUT2D eigenvalue weighted by Crippen LogP contribution is -2.40. The van der Waals surface area contributed by atoms with Crippen molar-refractivity contribution in [3.8, 4) is 0 Å². The van der Waals surface area contributed by atoms with E-state index in [2.05, 4.69) is 27.2 Å². The summed E-state index contributed by atoms with van der Waals surface area (Å²) in [6.07, 6.45) is -4.30. The van der Waals surface area contributed by atoms with Crippen molar-refractivity contribution in [2.24, 2.45) is 0 Å². The Morgan fingerprint density at radius 2 is 1.69 bits per heavy atom. The SMILES string of the molecule is O=C(NCCCN1CCNCCN(Cc2ccccc2)CC1)C(F)(F)F. The second-order valence-corrected chi connectivity index (χ2v) is 6.46. The molecular formula is C18H27F3N4O. The number of alkyl halides is 3. The number of carbonyl (C=O) groups excluding carboxylic acids is 1. The van der Waals surface area contributed by atoms with Crippen molar-refractivity contribution in [3.63, 3.8) is 0 Å². The predicted molar refractivity (Wildman–Crippen MR) is 94.7 cm³/mol. The molecule has 5 nitrogen and oxygen atoms in total. The molecule has 1 fully saturated rings. The molecule has 1 aromatic carbocycles. The van der Waals surface area contributed by atoms with Gasteiger partial charge in [0.05, 0.1) is 0 Å². The van der Waals surface area contributed by atoms with E-state index in [1.165, 1.54) is 5.56 Å². The van der Waals surface area contributed by atoms with Crippen LogP contribution in [-0.2, 0) is 11.3 Å². The molecule has 2 rings (SSSR count). The van der Waals surface area contributed by atoms with Crippen LogP contribution in [0.1, 0.15) is 12.0 Å². The molecule has 1 heterocycles. The molecule has 1 aliphatic heterocycles. The highest BCUT2D eigenvalue weighted by molar-refractivity contribution is 5.81. The van der Waals surface area contributed by atoms with Crippen molar-refractivity contribution in [2.75, 3.05) is 52.4 Å². The van der Waals surface area contributed by atoms with Gasteiger partial charge in [-0.2, -0.15) is 13.2 Å². The summed E-state index contributed by atoms with van der Waals surface area (Å²) in [6, 6.07) is 10.3. The fourth-order valence-electron chi connectivity index (χ4n) is 2.93. The topological polar surface area (TPSA) is 47.6 Å². The van der Waals surface area contributed by atoms with E-state index in [0.717, 1.165) is 45.8 Å². The van der Waals surface area contributed by atoms with Gasteiger partial charge >= 0.3 is 12.1 Å². The van der Waals surface area contributed by atoms with E-state index < -0.39 is 12.1 Å². The van der Waals surface area contributed by atoms with E-state index in [4.69, 9.17) is 0 Å². The van der Waals surface area contributed by atoms with Crippen molar-refractivity contribution in [1.29, 1.82) is 0 Å². The Kier molecular flexibility index (Phi) is 8.34. The largest absolute Gasteiger partial charge is 0.471 e. The third-order valence-corrected chi connectivity index (χ3v) is 4.39. The first kappa shape index (κ1) is 20.7. The number of nitrogens with one attached hydrogen (secondary N) is 2. The number of hydrogen-bond donors (Lipinski definition) is 2. The Hall–Kier alpha value is -1.64. The molecule has 0 unspecified atom stereocenters. The average molecular weight is 372 g/mol. The number of nitrogens with zero attached hydrogens (tertiary/aromatic N) is 2. The minimum atomic E-state index is -4.81. The Morgan fingerprint density at radius 1 is 1.04 bits per heavy atom. The van der Waals surface area contributed by atoms with Gasteiger partial charge in [0.15, 0.2) is 0 Å². The summed E-state index contributed by atoms with van der Waals surface area (Å²) in [6.45, 7) is 6.95. The van der Waals surface area contributed by atoms with Gasteiger partial charge in [0.2, 0.25) is 0 Å². The number of carbonyl (C=O) groups is 1. The van der Waals surface area contributed by atoms with Crippen molar-refractivity contribution >= 4 is 5.91 Å². The summed E-state index contributed by atoms with van der Waals surface area (Å²) >= 11 is 0. The van der Waals surface area contributed by atoms with Crippen LogP contribution in [0.5, 0.6) is 0 Å². The minimum Gasteiger partial charge on any atom is -0.348 e. The number of amides is 1. The maximum atomic E-state index is 12.2. The van der Waals surface area contributed by atoms with Crippen LogP contribution in [0.25, 0.3) is 0 Å². The zero-order valence-corrected chi connectivity index (χ0v) is 14.9. The lowest BCUT2D eigenvalue weighted by molar-refractivity contribution is -0.173. The number of hydrogen-bond acceptors (Lipinski definition) is 4. The Morgan fingerprint density at radius 3 is 2.38 bits per heavy atom. The van der Waals surface area contributed by atoms with Crippen LogP contribution in [0.3, 0.4) is 0 Å². The predicted octanol–water partition coefficient (Wildman–Crippen LogP) is 1.46. The Bertz CT molecular complexity index is 539. The molecule has 0 aliphatic carbocycles. The zero-order valence-electron chi connectivity index (χ0n) is 14.9. The van der Waals surface area contributed by atoms with E-state index in [-0.39, 0.29) is 6.54 Å². The van der Waals surface area contributed by atoms with Crippen LogP contribution in [0, 0.1) is 0 Å². The molecule has 8 heteroatoms. The standard InChI is InChI=1S/C18H27F3N4O/c19-18(20,21)17(26)23-7-4-10-24-11-8-22-9-12-25(14-13-24)15-16-5-2-1-3-6-16/h1-3,5-6,22H,4,7-15H2,(H,23,26). The molecule has 0 saturated carbocycles. The van der Waals surface area contributed by atoms with Crippen molar-refractivity contribution < 1.29 is 18.0 Å². The number of halogens is 3. The van der Waals surface area contributed by atoms with Crippen molar-refractivity contribution in [1.82, 2.24) is 20.4 Å². The molecule has 0 spiro atoms. The molecule has 146 valence electrons. The summed E-state index contributed by atoms with van der Waals surface area (Å²) in [5.74, 6) is -1.86. The highest BCUT2D eigenvalue weighted by Crippen LogP contribution is 2.13. The molecule has 1 saturated heterocycles. The lowest BCUT2D eigenvalue weighted by atomic mass is 10.2. The molecule has 2 N–H and O–H groups in total. The van der Waals surface area contributed by atoms with Gasteiger partial charge in [-0.3, -0.25) is 9.69 Å². The van der Waals surface area contributed by atoms with E-state index >= 15 is 0 Å². The van der Waals surface area contributed by atoms with Gasteiger partial charge in [0.25, 0.3) is 0 Å². The fraction of sp³-hybridized carbons (Fsp3) is 0.611. The molecule has 1 aromatic rings. The molecule has 0 atom stereocenters. The van der Waals surface area contributed by atoms with Crippen LogP contribution in [0.4, 0.5) is 13.2 Å². The summed E-state index contributed by atoms with van der Waals surface area (Å²) in [5, 5.41) is 5.33. The number of rotatable bonds is 6. The van der Waals surface area contributed by atoms with Gasteiger partial charge in [-0.05, 0) is 18.5 Å². The van der Waals surface area contributed by atoms with Crippen LogP contribution >= 0.6 is 0 Å². The highest BCUT2D eigenvalue weighted by Gasteiger charge is 2.38. The quantitative estimate of drug-likeness (QED) is 0.743. The van der Waals surface area contributed by atoms with Gasteiger partial charge in [-0.15, -0.1) is 0 Å². The average Bonchev–Trinajstić information content (AvgIpc) is 2.71. The van der Waals surface area contributed by atoms with E-state index in [9.17, 15) is 18.0 Å². The van der Waals surface area contributed by atoms with E-state index in [1.807, 2.05) is 23.5 Å². The second-order valence-electron chi connectivity index (χ2n) is 6.46. The molecule has 1 aliphatic rings. The minimum absolute atomic E-state index is 0.0377. The Labute approximate surface area is 152 Å². The normalized spacial score (nSPS) is 18.0. The first-order valence-electron chi connectivity index (χ1n) is 8.99. The van der Waals surface area contributed by atoms with Crippen LogP contribution in [0.2, 0.25) is 0 Å². The van der Waals surface area contributed by atoms with Crippen molar-refractivity contribution in [2.45, 2.75) is 19.1 Å². The van der Waals surface area contributed by atoms with Crippen LogP contribution in [-0.4, -0.2) is 74.2 Å². The number of benzene rings is 1. The highest BCUT2D eigenvalue weighted by atomic mass is 19.4. The third kappa shape index (κ3) is 7.72. The van der Waals surface area contributed by atoms with Gasteiger partial charge < -0.3 is 15.5 Å². The Balaban J connectivity index is 1.74. The first-order chi connectivity index (χ1) is 12.4. The fourth-order valence-corrected chi connectivity index (χ4v) is 2.93. The first-order valence-corrected chi connectivity index (χ1v) is 8.99. The van der Waals surface area contributed by atoms with Crippen LogP contribution in [0.15, 0.2) is 30.3 Å². The summed E-state index contributed by atoms with van der Waals surface area (Å²) in [4.78, 5) is 15.4. The van der Waals surface area contributed by atoms with Gasteiger partial charge in [-0.25, -0.2) is 0 Å². The summed E-state index contributed by atoms with van der Waals surface area (Å²) in [5.41, 5.74) is 1.27.